The topological polar surface area (TPSA) is 73.2 Å². The molecule has 2 fully saturated rings. The molecule has 2 heterocycles. The van der Waals surface area contributed by atoms with E-state index in [1.807, 2.05) is 98.8 Å². The zero-order valence-corrected chi connectivity index (χ0v) is 25.0. The van der Waals surface area contributed by atoms with Crippen LogP contribution in [0.3, 0.4) is 0 Å². The average Bonchev–Trinajstić information content (AvgIpc) is 3.39. The van der Waals surface area contributed by atoms with Crippen LogP contribution >= 0.6 is 11.6 Å². The highest BCUT2D eigenvalue weighted by Gasteiger charge is 2.48. The van der Waals surface area contributed by atoms with Gasteiger partial charge in [0.2, 0.25) is 0 Å². The lowest BCUT2D eigenvalue weighted by atomic mass is 9.81. The molecule has 0 spiro atoms. The molecular weight excluding hydrogens is 552 g/mol. The first kappa shape index (κ1) is 30.7. The Morgan fingerprint density at radius 1 is 0.929 bits per heavy atom. The smallest absolute Gasteiger partial charge is 0.163 e. The maximum atomic E-state index is 11.0. The van der Waals surface area contributed by atoms with Crippen molar-refractivity contribution < 1.29 is 23.7 Å². The molecule has 222 valence electrons. The minimum absolute atomic E-state index is 0.345. The van der Waals surface area contributed by atoms with E-state index in [1.165, 1.54) is 0 Å². The van der Waals surface area contributed by atoms with E-state index in [-0.39, 0.29) is 0 Å². The molecule has 2 aliphatic rings. The molecule has 0 N–H and O–H groups in total. The third-order valence-corrected chi connectivity index (χ3v) is 8.16. The van der Waals surface area contributed by atoms with E-state index in [0.717, 1.165) is 16.7 Å². The molecule has 42 heavy (non-hydrogen) atoms. The predicted octanol–water partition coefficient (Wildman–Crippen LogP) is 6.10. The van der Waals surface area contributed by atoms with Gasteiger partial charge in [-0.3, -0.25) is 4.90 Å². The maximum absolute atomic E-state index is 11.0. The average molecular weight is 591 g/mol. The summed E-state index contributed by atoms with van der Waals surface area (Å²) in [5.41, 5.74) is 1.92. The Hall–Kier alpha value is -2.80. The Labute approximate surface area is 253 Å². The summed E-state index contributed by atoms with van der Waals surface area (Å²) in [6.45, 7) is 7.23. The number of nitriles is 1. The molecule has 3 aromatic carbocycles. The Balaban J connectivity index is 1.53. The highest BCUT2D eigenvalue weighted by Crippen LogP contribution is 2.38. The lowest BCUT2D eigenvalue weighted by molar-refractivity contribution is -0.184. The lowest BCUT2D eigenvalue weighted by Gasteiger charge is -2.44. The lowest BCUT2D eigenvalue weighted by Crippen LogP contribution is -2.55. The van der Waals surface area contributed by atoms with Crippen LogP contribution in [-0.4, -0.2) is 61.9 Å². The van der Waals surface area contributed by atoms with Gasteiger partial charge in [0.05, 0.1) is 45.2 Å². The van der Waals surface area contributed by atoms with Gasteiger partial charge in [-0.1, -0.05) is 84.4 Å². The first-order chi connectivity index (χ1) is 20.4. The minimum atomic E-state index is -1.01. The zero-order valence-electron chi connectivity index (χ0n) is 24.3. The van der Waals surface area contributed by atoms with E-state index in [1.54, 1.807) is 0 Å². The molecule has 0 radical (unpaired) electrons. The summed E-state index contributed by atoms with van der Waals surface area (Å²) in [6, 6.07) is 30.3. The van der Waals surface area contributed by atoms with Crippen LogP contribution in [0.15, 0.2) is 84.9 Å². The second-order valence-corrected chi connectivity index (χ2v) is 11.7. The molecule has 0 aliphatic carbocycles. The first-order valence-electron chi connectivity index (χ1n) is 14.5. The van der Waals surface area contributed by atoms with Gasteiger partial charge in [0, 0.05) is 24.5 Å². The van der Waals surface area contributed by atoms with Crippen molar-refractivity contribution >= 4 is 11.6 Å². The summed E-state index contributed by atoms with van der Waals surface area (Å²) in [7, 11) is 0. The van der Waals surface area contributed by atoms with Crippen LogP contribution in [0.4, 0.5) is 0 Å². The molecule has 0 bridgehead atoms. The van der Waals surface area contributed by atoms with Gasteiger partial charge >= 0.3 is 0 Å². The van der Waals surface area contributed by atoms with Crippen LogP contribution < -0.4 is 0 Å². The van der Waals surface area contributed by atoms with E-state index in [4.69, 9.17) is 35.3 Å². The maximum Gasteiger partial charge on any atom is 0.163 e. The number of halogens is 1. The van der Waals surface area contributed by atoms with Crippen molar-refractivity contribution in [3.05, 3.63) is 107 Å². The Bertz CT molecular complexity index is 1300. The minimum Gasteiger partial charge on any atom is -0.379 e. The van der Waals surface area contributed by atoms with Crippen LogP contribution in [0.5, 0.6) is 0 Å². The van der Waals surface area contributed by atoms with Crippen molar-refractivity contribution in [2.24, 2.45) is 0 Å². The van der Waals surface area contributed by atoms with E-state index < -0.39 is 29.6 Å². The van der Waals surface area contributed by atoms with E-state index >= 15 is 0 Å². The summed E-state index contributed by atoms with van der Waals surface area (Å²) in [6.07, 6.45) is -1.08. The standard InChI is InChI=1S/C34H39ClN2O5/c1-33(2)41-24-31(42-33)32(40-23-27-11-7-4-8-12-27)30(39-22-26-9-5-3-6-10-26)21-34(25-36,37-17-19-38-20-18-37)28-13-15-29(35)16-14-28/h3-16,30-32H,17-24H2,1-2H3/t30-,31-,32+,34?/m1/s1. The monoisotopic (exact) mass is 590 g/mol. The summed E-state index contributed by atoms with van der Waals surface area (Å²) in [4.78, 5) is 2.20. The van der Waals surface area contributed by atoms with Gasteiger partial charge in [-0.05, 0) is 42.7 Å². The molecule has 7 nitrogen and oxygen atoms in total. The van der Waals surface area contributed by atoms with E-state index in [0.29, 0.717) is 57.6 Å². The van der Waals surface area contributed by atoms with Gasteiger partial charge in [-0.15, -0.1) is 0 Å². The van der Waals surface area contributed by atoms with Gasteiger partial charge in [0.25, 0.3) is 0 Å². The quantitative estimate of drug-likeness (QED) is 0.252. The molecule has 0 amide bonds. The molecule has 5 rings (SSSR count). The summed E-state index contributed by atoms with van der Waals surface area (Å²) in [5.74, 6) is -0.754. The van der Waals surface area contributed by atoms with Crippen LogP contribution in [0.25, 0.3) is 0 Å². The SMILES string of the molecule is CC1(C)OC[C@H]([C@@H](OCc2ccccc2)[C@@H](CC(C#N)(c2ccc(Cl)cc2)N2CCOCC2)OCc2ccccc2)O1. The molecule has 2 aliphatic heterocycles. The number of hydrogen-bond acceptors (Lipinski definition) is 7. The third kappa shape index (κ3) is 7.58. The molecule has 3 aromatic rings. The summed E-state index contributed by atoms with van der Waals surface area (Å²) < 4.78 is 31.5. The van der Waals surface area contributed by atoms with E-state index in [2.05, 4.69) is 11.0 Å². The Morgan fingerprint density at radius 2 is 1.52 bits per heavy atom. The molecule has 1 unspecified atom stereocenters. The number of nitrogens with zero attached hydrogens (tertiary/aromatic N) is 2. The third-order valence-electron chi connectivity index (χ3n) is 7.91. The molecule has 0 saturated carbocycles. The van der Waals surface area contributed by atoms with Crippen molar-refractivity contribution in [3.8, 4) is 6.07 Å². The molecule has 0 aromatic heterocycles. The highest BCUT2D eigenvalue weighted by molar-refractivity contribution is 6.30. The molecule has 2 saturated heterocycles. The van der Waals surface area contributed by atoms with Gasteiger partial charge in [0.1, 0.15) is 17.7 Å². The van der Waals surface area contributed by atoms with Crippen LogP contribution in [0, 0.1) is 11.3 Å². The van der Waals surface area contributed by atoms with E-state index in [9.17, 15) is 5.26 Å². The molecule has 8 heteroatoms. The van der Waals surface area contributed by atoms with Gasteiger partial charge in [-0.25, -0.2) is 0 Å². The predicted molar refractivity (Wildman–Crippen MR) is 161 cm³/mol. The number of hydrogen-bond donors (Lipinski definition) is 0. The largest absolute Gasteiger partial charge is 0.379 e. The van der Waals surface area contributed by atoms with Crippen LogP contribution in [0.1, 0.15) is 37.0 Å². The normalized spacial score (nSPS) is 21.7. The highest BCUT2D eigenvalue weighted by atomic mass is 35.5. The molecular formula is C34H39ClN2O5. The van der Waals surface area contributed by atoms with Crippen molar-refractivity contribution in [2.45, 2.75) is 63.1 Å². The summed E-state index contributed by atoms with van der Waals surface area (Å²) in [5, 5.41) is 11.6. The fraction of sp³-hybridized carbons (Fsp3) is 0.441. The van der Waals surface area contributed by atoms with Crippen LogP contribution in [-0.2, 0) is 42.4 Å². The van der Waals surface area contributed by atoms with Crippen molar-refractivity contribution in [1.29, 1.82) is 5.26 Å². The fourth-order valence-electron chi connectivity index (χ4n) is 5.72. The summed E-state index contributed by atoms with van der Waals surface area (Å²) >= 11 is 6.29. The van der Waals surface area contributed by atoms with Crippen LogP contribution in [0.2, 0.25) is 5.02 Å². The fourth-order valence-corrected chi connectivity index (χ4v) is 5.84. The Kier molecular flexibility index (Phi) is 10.3. The van der Waals surface area contributed by atoms with Crippen molar-refractivity contribution in [1.82, 2.24) is 4.90 Å². The van der Waals surface area contributed by atoms with Gasteiger partial charge in [0.15, 0.2) is 5.79 Å². The first-order valence-corrected chi connectivity index (χ1v) is 14.9. The second kappa shape index (κ2) is 14.1. The second-order valence-electron chi connectivity index (χ2n) is 11.2. The number of morpholine rings is 1. The number of rotatable bonds is 12. The van der Waals surface area contributed by atoms with Gasteiger partial charge < -0.3 is 23.7 Å². The number of ether oxygens (including phenoxy) is 5. The van der Waals surface area contributed by atoms with Gasteiger partial charge in [-0.2, -0.15) is 5.26 Å². The zero-order chi connectivity index (χ0) is 29.4. The van der Waals surface area contributed by atoms with Crippen molar-refractivity contribution in [3.63, 3.8) is 0 Å². The Morgan fingerprint density at radius 3 is 2.07 bits per heavy atom. The molecule has 4 atom stereocenters. The van der Waals surface area contributed by atoms with Crippen molar-refractivity contribution in [2.75, 3.05) is 32.9 Å². The number of benzene rings is 3.